The van der Waals surface area contributed by atoms with Crippen molar-refractivity contribution in [2.75, 3.05) is 0 Å². The van der Waals surface area contributed by atoms with E-state index in [4.69, 9.17) is 11.6 Å². The lowest BCUT2D eigenvalue weighted by Gasteiger charge is -2.03. The summed E-state index contributed by atoms with van der Waals surface area (Å²) in [6.45, 7) is 0. The highest BCUT2D eigenvalue weighted by molar-refractivity contribution is 9.12. The van der Waals surface area contributed by atoms with Crippen molar-refractivity contribution >= 4 is 76.5 Å². The van der Waals surface area contributed by atoms with Gasteiger partial charge in [-0.15, -0.1) is 11.3 Å². The molecule has 94 valence electrons. The van der Waals surface area contributed by atoms with Gasteiger partial charge in [0.05, 0.1) is 7.57 Å². The molecule has 0 spiro atoms. The summed E-state index contributed by atoms with van der Waals surface area (Å²) in [5.74, 6) is 0.0491. The summed E-state index contributed by atoms with van der Waals surface area (Å²) in [6.07, 6.45) is 0.299. The second kappa shape index (κ2) is 6.18. The van der Waals surface area contributed by atoms with Crippen molar-refractivity contribution in [2.45, 2.75) is 6.42 Å². The van der Waals surface area contributed by atoms with Gasteiger partial charge in [0, 0.05) is 21.5 Å². The van der Waals surface area contributed by atoms with Crippen LogP contribution in [0.5, 0.6) is 0 Å². The van der Waals surface area contributed by atoms with Gasteiger partial charge in [0.2, 0.25) is 0 Å². The zero-order chi connectivity index (χ0) is 13.3. The number of carbonyl (C=O) groups is 1. The molecule has 1 heterocycles. The molecule has 0 atom stereocenters. The summed E-state index contributed by atoms with van der Waals surface area (Å²) in [6, 6.07) is 7.36. The van der Waals surface area contributed by atoms with E-state index in [2.05, 4.69) is 47.8 Å². The highest BCUT2D eigenvalue weighted by Crippen LogP contribution is 2.33. The van der Waals surface area contributed by atoms with Crippen LogP contribution < -0.4 is 0 Å². The zero-order valence-corrected chi connectivity index (χ0v) is 15.2. The Morgan fingerprint density at radius 3 is 2.50 bits per heavy atom. The third kappa shape index (κ3) is 3.45. The van der Waals surface area contributed by atoms with E-state index < -0.39 is 0 Å². The van der Waals surface area contributed by atoms with E-state index >= 15 is 0 Å². The fourth-order valence-electron chi connectivity index (χ4n) is 1.46. The average Bonchev–Trinajstić information content (AvgIpc) is 2.62. The summed E-state index contributed by atoms with van der Waals surface area (Å²) >= 11 is 17.7. The molecule has 0 aliphatic carbocycles. The Bertz CT molecular complexity index is 609. The van der Waals surface area contributed by atoms with E-state index in [1.807, 2.05) is 18.2 Å². The third-order valence-electron chi connectivity index (χ3n) is 2.32. The lowest BCUT2D eigenvalue weighted by Crippen LogP contribution is -2.03. The monoisotopic (exact) mass is 470 g/mol. The minimum atomic E-state index is 0.0491. The Hall–Kier alpha value is 0.320. The number of halogens is 4. The molecule has 0 saturated carbocycles. The normalized spacial score (nSPS) is 10.7. The summed E-state index contributed by atoms with van der Waals surface area (Å²) in [7, 11) is 0. The van der Waals surface area contributed by atoms with Crippen molar-refractivity contribution in [2.24, 2.45) is 0 Å². The fraction of sp³-hybridized carbons (Fsp3) is 0.0833. The largest absolute Gasteiger partial charge is 0.294 e. The van der Waals surface area contributed by atoms with Gasteiger partial charge in [0.15, 0.2) is 5.78 Å². The van der Waals surface area contributed by atoms with Crippen LogP contribution in [0.25, 0.3) is 0 Å². The van der Waals surface area contributed by atoms with Crippen LogP contribution in [0.1, 0.15) is 15.9 Å². The molecule has 1 aromatic heterocycles. The molecular formula is C12H6Br3ClOS. The van der Waals surface area contributed by atoms with E-state index in [1.165, 1.54) is 11.3 Å². The van der Waals surface area contributed by atoms with Crippen molar-refractivity contribution in [3.8, 4) is 0 Å². The van der Waals surface area contributed by atoms with Crippen molar-refractivity contribution in [3.05, 3.63) is 52.5 Å². The molecule has 1 aromatic carbocycles. The van der Waals surface area contributed by atoms with Gasteiger partial charge in [-0.3, -0.25) is 4.79 Å². The minimum Gasteiger partial charge on any atom is -0.294 e. The Kier molecular flexibility index (Phi) is 5.06. The van der Waals surface area contributed by atoms with Crippen LogP contribution in [0.2, 0.25) is 5.02 Å². The van der Waals surface area contributed by atoms with Gasteiger partial charge in [-0.1, -0.05) is 33.6 Å². The quantitative estimate of drug-likeness (QED) is 0.492. The first-order valence-corrected chi connectivity index (χ1v) is 8.46. The number of hydrogen-bond acceptors (Lipinski definition) is 2. The summed E-state index contributed by atoms with van der Waals surface area (Å²) in [5, 5.41) is 0.600. The average molecular weight is 473 g/mol. The number of thiophene rings is 1. The second-order valence-corrected chi connectivity index (χ2v) is 8.65. The topological polar surface area (TPSA) is 17.1 Å². The van der Waals surface area contributed by atoms with Crippen LogP contribution in [-0.4, -0.2) is 5.78 Å². The molecule has 0 aliphatic heterocycles. The van der Waals surface area contributed by atoms with Gasteiger partial charge >= 0.3 is 0 Å². The molecule has 0 radical (unpaired) electrons. The molecule has 18 heavy (non-hydrogen) atoms. The van der Waals surface area contributed by atoms with Gasteiger partial charge in [-0.2, -0.15) is 0 Å². The van der Waals surface area contributed by atoms with E-state index in [0.717, 1.165) is 17.6 Å². The maximum absolute atomic E-state index is 12.2. The zero-order valence-electron chi connectivity index (χ0n) is 8.84. The molecule has 6 heteroatoms. The standard InChI is InChI=1S/C12H6Br3ClOS/c13-7-2-1-6(9(16)4-7)3-10(17)8-5-11(14)18-12(8)15/h1-2,4-5H,3H2. The van der Waals surface area contributed by atoms with Crippen LogP contribution in [0, 0.1) is 0 Å². The molecule has 0 aliphatic rings. The number of rotatable bonds is 3. The smallest absolute Gasteiger partial charge is 0.169 e. The van der Waals surface area contributed by atoms with Gasteiger partial charge in [-0.05, 0) is 55.6 Å². The molecule has 0 amide bonds. The summed E-state index contributed by atoms with van der Waals surface area (Å²) in [5.41, 5.74) is 1.52. The van der Waals surface area contributed by atoms with Crippen LogP contribution in [0.4, 0.5) is 0 Å². The van der Waals surface area contributed by atoms with Crippen LogP contribution in [0.3, 0.4) is 0 Å². The number of ketones is 1. The molecular weight excluding hydrogens is 467 g/mol. The lowest BCUT2D eigenvalue weighted by molar-refractivity contribution is 0.0992. The predicted molar refractivity (Wildman–Crippen MR) is 86.9 cm³/mol. The first-order valence-electron chi connectivity index (χ1n) is 4.89. The van der Waals surface area contributed by atoms with Crippen molar-refractivity contribution < 1.29 is 4.79 Å². The van der Waals surface area contributed by atoms with E-state index in [9.17, 15) is 4.79 Å². The van der Waals surface area contributed by atoms with Crippen LogP contribution in [-0.2, 0) is 6.42 Å². The Morgan fingerprint density at radius 2 is 1.94 bits per heavy atom. The van der Waals surface area contributed by atoms with Crippen molar-refractivity contribution in [1.29, 1.82) is 0 Å². The maximum atomic E-state index is 12.2. The van der Waals surface area contributed by atoms with Crippen LogP contribution in [0.15, 0.2) is 36.3 Å². The third-order valence-corrected chi connectivity index (χ3v) is 5.51. The van der Waals surface area contributed by atoms with Gasteiger partial charge in [0.25, 0.3) is 0 Å². The first-order chi connectivity index (χ1) is 8.47. The molecule has 0 unspecified atom stereocenters. The molecule has 1 nitrogen and oxygen atoms in total. The van der Waals surface area contributed by atoms with E-state index in [1.54, 1.807) is 6.07 Å². The summed E-state index contributed by atoms with van der Waals surface area (Å²) < 4.78 is 2.68. The summed E-state index contributed by atoms with van der Waals surface area (Å²) in [4.78, 5) is 12.2. The first kappa shape index (κ1) is 14.7. The maximum Gasteiger partial charge on any atom is 0.169 e. The molecule has 0 N–H and O–H groups in total. The number of carbonyl (C=O) groups excluding carboxylic acids is 1. The fourth-order valence-corrected chi connectivity index (χ4v) is 5.06. The predicted octanol–water partition coefficient (Wildman–Crippen LogP) is 6.11. The highest BCUT2D eigenvalue weighted by atomic mass is 79.9. The molecule has 2 rings (SSSR count). The van der Waals surface area contributed by atoms with Crippen molar-refractivity contribution in [1.82, 2.24) is 0 Å². The molecule has 2 aromatic rings. The van der Waals surface area contributed by atoms with E-state index in [-0.39, 0.29) is 5.78 Å². The number of hydrogen-bond donors (Lipinski definition) is 0. The van der Waals surface area contributed by atoms with Gasteiger partial charge in [0.1, 0.15) is 0 Å². The minimum absolute atomic E-state index is 0.0491. The van der Waals surface area contributed by atoms with E-state index in [0.29, 0.717) is 17.0 Å². The Labute approximate surface area is 139 Å². The Morgan fingerprint density at radius 1 is 1.22 bits per heavy atom. The van der Waals surface area contributed by atoms with Gasteiger partial charge < -0.3 is 0 Å². The highest BCUT2D eigenvalue weighted by Gasteiger charge is 2.15. The number of Topliss-reactive ketones (excluding diaryl/α,β-unsaturated/α-hetero) is 1. The lowest BCUT2D eigenvalue weighted by atomic mass is 10.1. The molecule has 0 bridgehead atoms. The second-order valence-electron chi connectivity index (χ2n) is 3.57. The van der Waals surface area contributed by atoms with Crippen molar-refractivity contribution in [3.63, 3.8) is 0 Å². The number of benzene rings is 1. The molecule has 0 fully saturated rings. The Balaban J connectivity index is 2.24. The van der Waals surface area contributed by atoms with Crippen LogP contribution >= 0.6 is 70.7 Å². The molecule has 0 saturated heterocycles. The SMILES string of the molecule is O=C(Cc1ccc(Br)cc1Cl)c1cc(Br)sc1Br. The van der Waals surface area contributed by atoms with Gasteiger partial charge in [-0.25, -0.2) is 0 Å².